The zero-order chi connectivity index (χ0) is 13.3. The Hall–Kier alpha value is -1.82. The van der Waals surface area contributed by atoms with Gasteiger partial charge in [0.25, 0.3) is 0 Å². The molecule has 0 amide bonds. The fourth-order valence-corrected chi connectivity index (χ4v) is 1.93. The first-order valence-corrected chi connectivity index (χ1v) is 5.88. The van der Waals surface area contributed by atoms with Crippen molar-refractivity contribution in [3.63, 3.8) is 0 Å². The molecule has 96 valence electrons. The Morgan fingerprint density at radius 2 is 2.28 bits per heavy atom. The number of hydrogen-bond donors (Lipinski definition) is 1. The SMILES string of the molecule is CCn1nc(C)c(Cl)c1Cn1cc(C(=O)O)cn1. The van der Waals surface area contributed by atoms with E-state index in [-0.39, 0.29) is 5.56 Å². The van der Waals surface area contributed by atoms with Crippen molar-refractivity contribution in [2.45, 2.75) is 26.9 Å². The van der Waals surface area contributed by atoms with Gasteiger partial charge >= 0.3 is 5.97 Å². The van der Waals surface area contributed by atoms with Crippen molar-refractivity contribution in [3.8, 4) is 0 Å². The third-order valence-corrected chi connectivity index (χ3v) is 3.14. The second-order valence-corrected chi connectivity index (χ2v) is 4.27. The molecule has 0 aliphatic heterocycles. The molecule has 0 atom stereocenters. The molecule has 0 saturated carbocycles. The summed E-state index contributed by atoms with van der Waals surface area (Å²) in [6.45, 7) is 4.92. The number of carboxylic acids is 1. The molecule has 2 aromatic rings. The molecule has 7 heteroatoms. The van der Waals surface area contributed by atoms with E-state index < -0.39 is 5.97 Å². The van der Waals surface area contributed by atoms with Crippen LogP contribution < -0.4 is 0 Å². The Bertz CT molecular complexity index is 588. The first kappa shape index (κ1) is 12.6. The molecule has 0 spiro atoms. The molecule has 2 aromatic heterocycles. The largest absolute Gasteiger partial charge is 0.478 e. The molecule has 0 radical (unpaired) electrons. The number of hydrogen-bond acceptors (Lipinski definition) is 3. The molecule has 0 unspecified atom stereocenters. The van der Waals surface area contributed by atoms with Gasteiger partial charge in [0, 0.05) is 12.7 Å². The third kappa shape index (κ3) is 2.24. The van der Waals surface area contributed by atoms with Crippen molar-refractivity contribution in [2.75, 3.05) is 0 Å². The molecule has 0 aliphatic carbocycles. The summed E-state index contributed by atoms with van der Waals surface area (Å²) in [7, 11) is 0. The average molecular weight is 269 g/mol. The van der Waals surface area contributed by atoms with E-state index in [0.29, 0.717) is 18.1 Å². The van der Waals surface area contributed by atoms with Gasteiger partial charge < -0.3 is 5.11 Å². The monoisotopic (exact) mass is 268 g/mol. The first-order valence-electron chi connectivity index (χ1n) is 5.50. The Morgan fingerprint density at radius 3 is 2.83 bits per heavy atom. The van der Waals surface area contributed by atoms with Gasteiger partial charge in [-0.25, -0.2) is 4.79 Å². The minimum absolute atomic E-state index is 0.158. The lowest BCUT2D eigenvalue weighted by Gasteiger charge is -2.05. The van der Waals surface area contributed by atoms with E-state index in [9.17, 15) is 4.79 Å². The number of aryl methyl sites for hydroxylation is 2. The van der Waals surface area contributed by atoms with Crippen molar-refractivity contribution >= 4 is 17.6 Å². The highest BCUT2D eigenvalue weighted by molar-refractivity contribution is 6.31. The zero-order valence-corrected chi connectivity index (χ0v) is 10.8. The van der Waals surface area contributed by atoms with Crippen LogP contribution in [0.25, 0.3) is 0 Å². The predicted octanol–water partition coefficient (Wildman–Crippen LogP) is 1.81. The van der Waals surface area contributed by atoms with Crippen LogP contribution in [0, 0.1) is 6.92 Å². The summed E-state index contributed by atoms with van der Waals surface area (Å²) in [5.74, 6) is -0.993. The van der Waals surface area contributed by atoms with E-state index >= 15 is 0 Å². The van der Waals surface area contributed by atoms with Crippen LogP contribution in [0.2, 0.25) is 5.02 Å². The van der Waals surface area contributed by atoms with Crippen LogP contribution in [0.5, 0.6) is 0 Å². The maximum atomic E-state index is 10.8. The predicted molar refractivity (Wildman–Crippen MR) is 65.9 cm³/mol. The van der Waals surface area contributed by atoms with Crippen molar-refractivity contribution in [1.82, 2.24) is 19.6 Å². The van der Waals surface area contributed by atoms with Gasteiger partial charge in [-0.3, -0.25) is 9.36 Å². The highest BCUT2D eigenvalue weighted by Gasteiger charge is 2.14. The Morgan fingerprint density at radius 1 is 1.56 bits per heavy atom. The molecule has 2 rings (SSSR count). The lowest BCUT2D eigenvalue weighted by atomic mass is 10.3. The zero-order valence-electron chi connectivity index (χ0n) is 10.1. The smallest absolute Gasteiger partial charge is 0.338 e. The molecule has 1 N–H and O–H groups in total. The Labute approximate surface area is 109 Å². The lowest BCUT2D eigenvalue weighted by molar-refractivity contribution is 0.0697. The van der Waals surface area contributed by atoms with Crippen molar-refractivity contribution in [3.05, 3.63) is 34.4 Å². The first-order chi connectivity index (χ1) is 8.52. The van der Waals surface area contributed by atoms with Gasteiger partial charge in [0.05, 0.1) is 34.7 Å². The highest BCUT2D eigenvalue weighted by atomic mass is 35.5. The minimum Gasteiger partial charge on any atom is -0.478 e. The number of carbonyl (C=O) groups is 1. The van der Waals surface area contributed by atoms with Crippen LogP contribution >= 0.6 is 11.6 Å². The Kier molecular flexibility index (Phi) is 3.38. The lowest BCUT2D eigenvalue weighted by Crippen LogP contribution is -2.08. The molecule has 0 bridgehead atoms. The topological polar surface area (TPSA) is 72.9 Å². The molecular weight excluding hydrogens is 256 g/mol. The van der Waals surface area contributed by atoms with Crippen LogP contribution in [-0.2, 0) is 13.1 Å². The molecule has 0 aromatic carbocycles. The number of carboxylic acid groups (broad SMARTS) is 1. The van der Waals surface area contributed by atoms with Gasteiger partial charge in [0.15, 0.2) is 0 Å². The van der Waals surface area contributed by atoms with E-state index in [2.05, 4.69) is 10.2 Å². The van der Waals surface area contributed by atoms with Gasteiger partial charge in [-0.15, -0.1) is 0 Å². The minimum atomic E-state index is -0.993. The van der Waals surface area contributed by atoms with Gasteiger partial charge in [0.2, 0.25) is 0 Å². The van der Waals surface area contributed by atoms with E-state index in [1.807, 2.05) is 13.8 Å². The number of aromatic nitrogens is 4. The molecule has 18 heavy (non-hydrogen) atoms. The van der Waals surface area contributed by atoms with Crippen molar-refractivity contribution < 1.29 is 9.90 Å². The Balaban J connectivity index is 2.30. The van der Waals surface area contributed by atoms with E-state index in [0.717, 1.165) is 11.4 Å². The second-order valence-electron chi connectivity index (χ2n) is 3.89. The third-order valence-electron chi connectivity index (χ3n) is 2.64. The van der Waals surface area contributed by atoms with E-state index in [1.54, 1.807) is 4.68 Å². The van der Waals surface area contributed by atoms with Crippen LogP contribution in [-0.4, -0.2) is 30.6 Å². The number of nitrogens with zero attached hydrogens (tertiary/aromatic N) is 4. The number of halogens is 1. The summed E-state index contributed by atoms with van der Waals surface area (Å²) >= 11 is 6.17. The van der Waals surface area contributed by atoms with Gasteiger partial charge in [0.1, 0.15) is 0 Å². The molecule has 2 heterocycles. The standard InChI is InChI=1S/C11H13ClN4O2/c1-3-16-9(10(12)7(2)14-16)6-15-5-8(4-13-15)11(17)18/h4-5H,3,6H2,1-2H3,(H,17,18). The number of rotatable bonds is 4. The summed E-state index contributed by atoms with van der Waals surface area (Å²) in [4.78, 5) is 10.8. The van der Waals surface area contributed by atoms with Gasteiger partial charge in [-0.05, 0) is 13.8 Å². The van der Waals surface area contributed by atoms with Crippen molar-refractivity contribution in [2.24, 2.45) is 0 Å². The number of aromatic carboxylic acids is 1. The fraction of sp³-hybridized carbons (Fsp3) is 0.364. The van der Waals surface area contributed by atoms with Gasteiger partial charge in [-0.2, -0.15) is 10.2 Å². The summed E-state index contributed by atoms with van der Waals surface area (Å²) in [5, 5.41) is 17.7. The molecule has 6 nitrogen and oxygen atoms in total. The average Bonchev–Trinajstić information content (AvgIpc) is 2.89. The molecular formula is C11H13ClN4O2. The quantitative estimate of drug-likeness (QED) is 0.918. The summed E-state index contributed by atoms with van der Waals surface area (Å²) in [6, 6.07) is 0. The highest BCUT2D eigenvalue weighted by Crippen LogP contribution is 2.21. The van der Waals surface area contributed by atoms with E-state index in [1.165, 1.54) is 17.1 Å². The fourth-order valence-electron chi connectivity index (χ4n) is 1.73. The maximum absolute atomic E-state index is 10.8. The van der Waals surface area contributed by atoms with Gasteiger partial charge in [-0.1, -0.05) is 11.6 Å². The van der Waals surface area contributed by atoms with E-state index in [4.69, 9.17) is 16.7 Å². The summed E-state index contributed by atoms with van der Waals surface area (Å²) in [6.07, 6.45) is 2.79. The summed E-state index contributed by atoms with van der Waals surface area (Å²) in [5.41, 5.74) is 1.75. The normalized spacial score (nSPS) is 10.8. The molecule has 0 aliphatic rings. The maximum Gasteiger partial charge on any atom is 0.338 e. The van der Waals surface area contributed by atoms with Crippen LogP contribution in [0.3, 0.4) is 0 Å². The van der Waals surface area contributed by atoms with Crippen LogP contribution in [0.15, 0.2) is 12.4 Å². The molecule has 0 fully saturated rings. The second kappa shape index (κ2) is 4.81. The van der Waals surface area contributed by atoms with Crippen molar-refractivity contribution in [1.29, 1.82) is 0 Å². The van der Waals surface area contributed by atoms with Crippen LogP contribution in [0.1, 0.15) is 28.7 Å². The van der Waals surface area contributed by atoms with Crippen LogP contribution in [0.4, 0.5) is 0 Å². The molecule has 0 saturated heterocycles. The summed E-state index contributed by atoms with van der Waals surface area (Å²) < 4.78 is 3.33.